The van der Waals surface area contributed by atoms with Gasteiger partial charge in [0.2, 0.25) is 11.8 Å². The Labute approximate surface area is 112 Å². The number of hydrogen-bond donors (Lipinski definition) is 1. The lowest BCUT2D eigenvalue weighted by Crippen LogP contribution is -2.45. The Hall–Kier alpha value is -1.16. The third kappa shape index (κ3) is 1.49. The number of imide groups is 1. The van der Waals surface area contributed by atoms with Crippen LogP contribution in [-0.4, -0.2) is 34.0 Å². The van der Waals surface area contributed by atoms with Crippen LogP contribution in [0.2, 0.25) is 0 Å². The van der Waals surface area contributed by atoms with E-state index in [1.54, 1.807) is 0 Å². The molecule has 2 amide bonds. The monoisotopic (exact) mass is 261 g/mol. The van der Waals surface area contributed by atoms with Gasteiger partial charge in [-0.2, -0.15) is 0 Å². The van der Waals surface area contributed by atoms with Crippen molar-refractivity contribution < 1.29 is 14.7 Å². The molecule has 2 bridgehead atoms. The van der Waals surface area contributed by atoms with Gasteiger partial charge in [-0.1, -0.05) is 25.0 Å². The molecule has 19 heavy (non-hydrogen) atoms. The summed E-state index contributed by atoms with van der Waals surface area (Å²) in [4.78, 5) is 26.3. The van der Waals surface area contributed by atoms with E-state index in [0.29, 0.717) is 12.8 Å². The molecule has 4 heteroatoms. The van der Waals surface area contributed by atoms with Crippen molar-refractivity contribution in [1.29, 1.82) is 0 Å². The SMILES string of the molecule is O=C1C2C3C=CC(C3)C2C(=O)N1CC1(O)CCCC1. The van der Waals surface area contributed by atoms with Crippen LogP contribution in [0.5, 0.6) is 0 Å². The number of rotatable bonds is 2. The molecule has 0 aromatic heterocycles. The number of amides is 2. The zero-order valence-corrected chi connectivity index (χ0v) is 10.9. The molecule has 102 valence electrons. The van der Waals surface area contributed by atoms with Crippen LogP contribution in [0.15, 0.2) is 12.2 Å². The highest BCUT2D eigenvalue weighted by atomic mass is 16.3. The number of aliphatic hydroxyl groups is 1. The number of nitrogens with zero attached hydrogens (tertiary/aromatic N) is 1. The summed E-state index contributed by atoms with van der Waals surface area (Å²) in [6.07, 6.45) is 8.58. The minimum atomic E-state index is -0.823. The molecule has 3 aliphatic carbocycles. The summed E-state index contributed by atoms with van der Waals surface area (Å²) in [6, 6.07) is 0. The summed E-state index contributed by atoms with van der Waals surface area (Å²) in [5.41, 5.74) is -0.823. The molecule has 2 saturated carbocycles. The maximum atomic E-state index is 12.5. The van der Waals surface area contributed by atoms with E-state index in [1.807, 2.05) is 0 Å². The highest BCUT2D eigenvalue weighted by Gasteiger charge is 2.60. The van der Waals surface area contributed by atoms with E-state index in [2.05, 4.69) is 12.2 Å². The van der Waals surface area contributed by atoms with Crippen molar-refractivity contribution in [2.45, 2.75) is 37.7 Å². The molecule has 1 saturated heterocycles. The van der Waals surface area contributed by atoms with Gasteiger partial charge in [0.05, 0.1) is 24.0 Å². The molecular weight excluding hydrogens is 242 g/mol. The van der Waals surface area contributed by atoms with Gasteiger partial charge >= 0.3 is 0 Å². The lowest BCUT2D eigenvalue weighted by molar-refractivity contribution is -0.144. The van der Waals surface area contributed by atoms with Crippen molar-refractivity contribution in [2.24, 2.45) is 23.7 Å². The smallest absolute Gasteiger partial charge is 0.233 e. The lowest BCUT2D eigenvalue weighted by atomic mass is 9.85. The molecule has 4 rings (SSSR count). The van der Waals surface area contributed by atoms with E-state index in [0.717, 1.165) is 19.3 Å². The molecule has 4 nitrogen and oxygen atoms in total. The molecule has 0 radical (unpaired) electrons. The van der Waals surface area contributed by atoms with Crippen molar-refractivity contribution in [2.75, 3.05) is 6.54 Å². The maximum Gasteiger partial charge on any atom is 0.233 e. The number of carbonyl (C=O) groups is 2. The molecule has 4 unspecified atom stereocenters. The molecule has 1 aliphatic heterocycles. The number of likely N-dealkylation sites (tertiary alicyclic amines) is 1. The van der Waals surface area contributed by atoms with Crippen LogP contribution in [0.25, 0.3) is 0 Å². The van der Waals surface area contributed by atoms with E-state index in [1.165, 1.54) is 4.90 Å². The number of allylic oxidation sites excluding steroid dienone is 2. The van der Waals surface area contributed by atoms with Gasteiger partial charge in [-0.3, -0.25) is 14.5 Å². The van der Waals surface area contributed by atoms with Crippen LogP contribution < -0.4 is 0 Å². The van der Waals surface area contributed by atoms with Crippen LogP contribution in [0.4, 0.5) is 0 Å². The predicted molar refractivity (Wildman–Crippen MR) is 67.9 cm³/mol. The zero-order chi connectivity index (χ0) is 13.2. The molecule has 0 aromatic rings. The van der Waals surface area contributed by atoms with Gasteiger partial charge in [-0.25, -0.2) is 0 Å². The Bertz CT molecular complexity index is 448. The number of carbonyl (C=O) groups excluding carboxylic acids is 2. The molecule has 0 spiro atoms. The first-order valence-corrected chi connectivity index (χ1v) is 7.35. The molecule has 1 heterocycles. The van der Waals surface area contributed by atoms with E-state index in [-0.39, 0.29) is 42.0 Å². The van der Waals surface area contributed by atoms with Gasteiger partial charge in [0.25, 0.3) is 0 Å². The summed E-state index contributed by atoms with van der Waals surface area (Å²) < 4.78 is 0. The average molecular weight is 261 g/mol. The highest BCUT2D eigenvalue weighted by Crippen LogP contribution is 2.52. The zero-order valence-electron chi connectivity index (χ0n) is 10.9. The third-order valence-corrected chi connectivity index (χ3v) is 5.55. The molecule has 3 fully saturated rings. The fourth-order valence-corrected chi connectivity index (χ4v) is 4.61. The Balaban J connectivity index is 1.59. The second kappa shape index (κ2) is 3.69. The number of hydrogen-bond acceptors (Lipinski definition) is 3. The number of fused-ring (bicyclic) bond motifs is 5. The predicted octanol–water partition coefficient (Wildman–Crippen LogP) is 1.10. The lowest BCUT2D eigenvalue weighted by Gasteiger charge is -2.28. The van der Waals surface area contributed by atoms with Gasteiger partial charge in [-0.15, -0.1) is 0 Å². The van der Waals surface area contributed by atoms with Gasteiger partial charge in [0, 0.05) is 0 Å². The summed E-state index contributed by atoms with van der Waals surface area (Å²) in [5.74, 6) is 0.184. The van der Waals surface area contributed by atoms with E-state index in [9.17, 15) is 14.7 Å². The normalized spacial score (nSPS) is 42.5. The molecule has 4 aliphatic rings. The summed E-state index contributed by atoms with van der Waals surface area (Å²) >= 11 is 0. The van der Waals surface area contributed by atoms with Gasteiger partial charge < -0.3 is 5.11 Å². The van der Waals surface area contributed by atoms with Crippen molar-refractivity contribution in [3.63, 3.8) is 0 Å². The third-order valence-electron chi connectivity index (χ3n) is 5.55. The Morgan fingerprint density at radius 3 is 2.16 bits per heavy atom. The first-order chi connectivity index (χ1) is 9.09. The van der Waals surface area contributed by atoms with Gasteiger partial charge in [-0.05, 0) is 31.1 Å². The minimum Gasteiger partial charge on any atom is -0.388 e. The van der Waals surface area contributed by atoms with Crippen LogP contribution in [0.1, 0.15) is 32.1 Å². The first kappa shape index (κ1) is 11.6. The summed E-state index contributed by atoms with van der Waals surface area (Å²) in [7, 11) is 0. The maximum absolute atomic E-state index is 12.5. The van der Waals surface area contributed by atoms with Gasteiger partial charge in [0.1, 0.15) is 0 Å². The molecule has 0 aromatic carbocycles. The van der Waals surface area contributed by atoms with Crippen LogP contribution in [-0.2, 0) is 9.59 Å². The quantitative estimate of drug-likeness (QED) is 0.598. The standard InChI is InChI=1S/C15H19NO3/c17-13-11-9-3-4-10(7-9)12(11)14(18)16(13)8-15(19)5-1-2-6-15/h3-4,9-12,19H,1-2,5-8H2. The van der Waals surface area contributed by atoms with Crippen LogP contribution in [0, 0.1) is 23.7 Å². The van der Waals surface area contributed by atoms with Crippen molar-refractivity contribution in [3.05, 3.63) is 12.2 Å². The van der Waals surface area contributed by atoms with Crippen molar-refractivity contribution in [3.8, 4) is 0 Å². The van der Waals surface area contributed by atoms with Crippen LogP contribution in [0.3, 0.4) is 0 Å². The Morgan fingerprint density at radius 2 is 1.63 bits per heavy atom. The Morgan fingerprint density at radius 1 is 1.11 bits per heavy atom. The fourth-order valence-electron chi connectivity index (χ4n) is 4.61. The molecular formula is C15H19NO3. The molecule has 1 N–H and O–H groups in total. The van der Waals surface area contributed by atoms with Crippen LogP contribution >= 0.6 is 0 Å². The largest absolute Gasteiger partial charge is 0.388 e. The Kier molecular flexibility index (Phi) is 2.26. The minimum absolute atomic E-state index is 0.0350. The fraction of sp³-hybridized carbons (Fsp3) is 0.733. The van der Waals surface area contributed by atoms with Gasteiger partial charge in [0.15, 0.2) is 0 Å². The van der Waals surface area contributed by atoms with E-state index < -0.39 is 5.60 Å². The molecule has 4 atom stereocenters. The highest BCUT2D eigenvalue weighted by molar-refractivity contribution is 6.06. The van der Waals surface area contributed by atoms with Crippen molar-refractivity contribution >= 4 is 11.8 Å². The summed E-state index contributed by atoms with van der Waals surface area (Å²) in [5, 5.41) is 10.4. The second-order valence-electron chi connectivity index (χ2n) is 6.69. The van der Waals surface area contributed by atoms with E-state index in [4.69, 9.17) is 0 Å². The number of β-amino-alcohol motifs (C(OH)–C–C–N with tert-alkyl or cyclic N) is 1. The topological polar surface area (TPSA) is 57.6 Å². The first-order valence-electron chi connectivity index (χ1n) is 7.35. The average Bonchev–Trinajstić information content (AvgIpc) is 3.11. The van der Waals surface area contributed by atoms with Crippen molar-refractivity contribution in [1.82, 2.24) is 4.90 Å². The summed E-state index contributed by atoms with van der Waals surface area (Å²) in [6.45, 7) is 0.219. The van der Waals surface area contributed by atoms with E-state index >= 15 is 0 Å². The second-order valence-corrected chi connectivity index (χ2v) is 6.69.